The third-order valence-corrected chi connectivity index (χ3v) is 0.745. The van der Waals surface area contributed by atoms with Gasteiger partial charge in [0.05, 0.1) is 13.7 Å². The van der Waals surface area contributed by atoms with E-state index in [4.69, 9.17) is 12.2 Å². The van der Waals surface area contributed by atoms with Gasteiger partial charge >= 0.3 is 0 Å². The van der Waals surface area contributed by atoms with Gasteiger partial charge in [-0.05, 0) is 0 Å². The number of amides is 1. The third kappa shape index (κ3) is 2.58. The maximum Gasteiger partial charge on any atom is 0.219 e. The lowest BCUT2D eigenvalue weighted by Gasteiger charge is -2.10. The van der Waals surface area contributed by atoms with Gasteiger partial charge in [-0.1, -0.05) is 0 Å². The van der Waals surface area contributed by atoms with E-state index < -0.39 is 0 Å². The summed E-state index contributed by atoms with van der Waals surface area (Å²) in [5, 5.41) is 8.21. The Balaban J connectivity index is 3.32. The number of hydrogen-bond acceptors (Lipinski definition) is 2. The predicted molar refractivity (Wildman–Crippen MR) is 28.8 cm³/mol. The Morgan fingerprint density at radius 2 is 2.38 bits per heavy atom. The topological polar surface area (TPSA) is 40.5 Å². The van der Waals surface area contributed by atoms with Crippen molar-refractivity contribution < 1.29 is 9.90 Å². The van der Waals surface area contributed by atoms with Gasteiger partial charge < -0.3 is 10.0 Å². The SMILES string of the molecule is [CH]N(CCO)C(C)=O. The molecule has 0 heterocycles. The van der Waals surface area contributed by atoms with Crippen LogP contribution >= 0.6 is 0 Å². The average molecular weight is 115 g/mol. The van der Waals surface area contributed by atoms with Crippen molar-refractivity contribution in [3.05, 3.63) is 7.05 Å². The number of aliphatic hydroxyl groups is 1. The van der Waals surface area contributed by atoms with Crippen LogP contribution in [-0.4, -0.2) is 29.1 Å². The Kier molecular flexibility index (Phi) is 3.19. The van der Waals surface area contributed by atoms with Crippen LogP contribution in [0.4, 0.5) is 0 Å². The molecule has 0 aromatic rings. The summed E-state index contributed by atoms with van der Waals surface area (Å²) in [6.45, 7) is 1.46. The van der Waals surface area contributed by atoms with Gasteiger partial charge in [-0.15, -0.1) is 0 Å². The fourth-order valence-electron chi connectivity index (χ4n) is 0.265. The molecule has 0 aliphatic rings. The first kappa shape index (κ1) is 7.43. The highest BCUT2D eigenvalue weighted by Gasteiger charge is 1.98. The van der Waals surface area contributed by atoms with Crippen molar-refractivity contribution in [2.45, 2.75) is 6.92 Å². The molecule has 0 aromatic carbocycles. The van der Waals surface area contributed by atoms with E-state index in [-0.39, 0.29) is 19.1 Å². The molecule has 1 amide bonds. The van der Waals surface area contributed by atoms with Gasteiger partial charge in [0.15, 0.2) is 0 Å². The molecule has 0 aliphatic carbocycles. The second-order valence-corrected chi connectivity index (χ2v) is 1.44. The first-order valence-electron chi connectivity index (χ1n) is 2.32. The smallest absolute Gasteiger partial charge is 0.219 e. The molecule has 0 aliphatic heterocycles. The van der Waals surface area contributed by atoms with Gasteiger partial charge in [0.2, 0.25) is 5.91 Å². The molecule has 3 nitrogen and oxygen atoms in total. The second kappa shape index (κ2) is 3.43. The lowest BCUT2D eigenvalue weighted by molar-refractivity contribution is -0.126. The molecule has 0 unspecified atom stereocenters. The highest BCUT2D eigenvalue weighted by molar-refractivity contribution is 5.73. The van der Waals surface area contributed by atoms with Crippen molar-refractivity contribution >= 4 is 5.91 Å². The number of rotatable bonds is 2. The molecule has 0 saturated carbocycles. The molecule has 3 heteroatoms. The Hall–Kier alpha value is -0.570. The van der Waals surface area contributed by atoms with Crippen LogP contribution in [0.5, 0.6) is 0 Å². The van der Waals surface area contributed by atoms with Crippen molar-refractivity contribution in [2.24, 2.45) is 0 Å². The molecule has 0 saturated heterocycles. The highest BCUT2D eigenvalue weighted by atomic mass is 16.3. The van der Waals surface area contributed by atoms with Crippen LogP contribution < -0.4 is 0 Å². The van der Waals surface area contributed by atoms with Crippen molar-refractivity contribution in [3.8, 4) is 0 Å². The maximum atomic E-state index is 10.2. The summed E-state index contributed by atoms with van der Waals surface area (Å²) in [5.41, 5.74) is 0. The van der Waals surface area contributed by atoms with Crippen LogP contribution in [0.25, 0.3) is 0 Å². The van der Waals surface area contributed by atoms with Crippen LogP contribution in [0.2, 0.25) is 0 Å². The Morgan fingerprint density at radius 3 is 2.50 bits per heavy atom. The molecule has 0 atom stereocenters. The summed E-state index contributed by atoms with van der Waals surface area (Å²) in [5.74, 6) is -0.237. The molecular weight excluding hydrogens is 106 g/mol. The molecule has 8 heavy (non-hydrogen) atoms. The lowest BCUT2D eigenvalue weighted by Crippen LogP contribution is -2.24. The minimum atomic E-state index is -0.237. The molecule has 0 spiro atoms. The van der Waals surface area contributed by atoms with Gasteiger partial charge in [0.25, 0.3) is 0 Å². The van der Waals surface area contributed by atoms with Gasteiger partial charge in [-0.25, -0.2) is 0 Å². The number of nitrogens with zero attached hydrogens (tertiary/aromatic N) is 1. The zero-order valence-corrected chi connectivity index (χ0v) is 4.79. The number of carbonyl (C=O) groups excluding carboxylic acids is 1. The van der Waals surface area contributed by atoms with Crippen LogP contribution in [0.1, 0.15) is 6.92 Å². The fraction of sp³-hybridized carbons (Fsp3) is 0.600. The van der Waals surface area contributed by atoms with Crippen molar-refractivity contribution in [3.63, 3.8) is 0 Å². The van der Waals surface area contributed by atoms with Gasteiger partial charge in [-0.3, -0.25) is 4.79 Å². The zero-order chi connectivity index (χ0) is 6.57. The monoisotopic (exact) mass is 115 g/mol. The number of hydrogen-bond donors (Lipinski definition) is 1. The summed E-state index contributed by atoms with van der Waals surface area (Å²) < 4.78 is 0. The zero-order valence-electron chi connectivity index (χ0n) is 4.79. The molecule has 46 valence electrons. The van der Waals surface area contributed by atoms with Crippen molar-refractivity contribution in [1.29, 1.82) is 0 Å². The van der Waals surface area contributed by atoms with E-state index in [1.165, 1.54) is 6.92 Å². The van der Waals surface area contributed by atoms with Crippen LogP contribution in [-0.2, 0) is 4.79 Å². The first-order valence-corrected chi connectivity index (χ1v) is 2.32. The average Bonchev–Trinajstić information content (AvgIpc) is 1.67. The Morgan fingerprint density at radius 1 is 1.88 bits per heavy atom. The van der Waals surface area contributed by atoms with E-state index in [9.17, 15) is 4.79 Å². The van der Waals surface area contributed by atoms with Gasteiger partial charge in [0.1, 0.15) is 0 Å². The summed E-state index contributed by atoms with van der Waals surface area (Å²) in [6.07, 6.45) is 0. The minimum absolute atomic E-state index is 0.0872. The van der Waals surface area contributed by atoms with E-state index in [0.717, 1.165) is 4.90 Å². The molecular formula is C5H9NO2. The second-order valence-electron chi connectivity index (χ2n) is 1.44. The normalized spacial score (nSPS) is 8.88. The summed E-state index contributed by atoms with van der Waals surface area (Å²) in [7, 11) is 5.05. The van der Waals surface area contributed by atoms with Crippen molar-refractivity contribution in [1.82, 2.24) is 4.90 Å². The molecule has 0 aromatic heterocycles. The highest BCUT2D eigenvalue weighted by Crippen LogP contribution is 1.81. The third-order valence-electron chi connectivity index (χ3n) is 0.745. The fourth-order valence-corrected chi connectivity index (χ4v) is 0.265. The lowest BCUT2D eigenvalue weighted by atomic mass is 10.5. The molecule has 2 radical (unpaired) electrons. The maximum absolute atomic E-state index is 10.2. The standard InChI is InChI=1S/C5H9NO2/c1-5(8)6(2)3-4-7/h2,7H,3-4H2,1H3. The van der Waals surface area contributed by atoms with Crippen LogP contribution in [0, 0.1) is 7.05 Å². The minimum Gasteiger partial charge on any atom is -0.395 e. The Bertz CT molecular complexity index is 82.5. The molecule has 0 bridgehead atoms. The van der Waals surface area contributed by atoms with Crippen molar-refractivity contribution in [2.75, 3.05) is 13.2 Å². The predicted octanol–water partition coefficient (Wildman–Crippen LogP) is -0.504. The van der Waals surface area contributed by atoms with E-state index >= 15 is 0 Å². The summed E-state index contributed by atoms with van der Waals surface area (Å²) in [4.78, 5) is 11.2. The van der Waals surface area contributed by atoms with E-state index in [0.29, 0.717) is 0 Å². The summed E-state index contributed by atoms with van der Waals surface area (Å²) in [6, 6.07) is 0. The largest absolute Gasteiger partial charge is 0.395 e. The van der Waals surface area contributed by atoms with E-state index in [1.807, 2.05) is 0 Å². The van der Waals surface area contributed by atoms with Gasteiger partial charge in [-0.2, -0.15) is 0 Å². The van der Waals surface area contributed by atoms with Gasteiger partial charge in [0, 0.05) is 13.5 Å². The van der Waals surface area contributed by atoms with E-state index in [1.54, 1.807) is 0 Å². The number of aliphatic hydroxyl groups excluding tert-OH is 1. The summed E-state index contributed by atoms with van der Waals surface area (Å²) >= 11 is 0. The molecule has 0 rings (SSSR count). The Labute approximate surface area is 48.9 Å². The van der Waals surface area contributed by atoms with Crippen LogP contribution in [0.15, 0.2) is 0 Å². The van der Waals surface area contributed by atoms with E-state index in [2.05, 4.69) is 0 Å². The first-order chi connectivity index (χ1) is 3.68. The molecule has 0 fully saturated rings. The molecule has 1 N–H and O–H groups in total. The number of carbonyl (C=O) groups is 1. The van der Waals surface area contributed by atoms with Crippen LogP contribution in [0.3, 0.4) is 0 Å². The quantitative estimate of drug-likeness (QED) is 0.493.